The summed E-state index contributed by atoms with van der Waals surface area (Å²) < 4.78 is 0. The summed E-state index contributed by atoms with van der Waals surface area (Å²) in [5.41, 5.74) is 5.28. The van der Waals surface area contributed by atoms with Crippen molar-refractivity contribution >= 4 is 5.84 Å². The number of amidine groups is 1. The van der Waals surface area contributed by atoms with Gasteiger partial charge in [-0.15, -0.1) is 0 Å². The lowest BCUT2D eigenvalue weighted by molar-refractivity contribution is 0.259. The SMILES string of the molecule is CCC(CC)N(C)CC(=N)N. The minimum absolute atomic E-state index is 0.249. The Labute approximate surface area is 69.1 Å². The number of nitrogens with zero attached hydrogens (tertiary/aromatic N) is 1. The van der Waals surface area contributed by atoms with Gasteiger partial charge in [0.2, 0.25) is 0 Å². The fourth-order valence-electron chi connectivity index (χ4n) is 1.31. The molecule has 66 valence electrons. The van der Waals surface area contributed by atoms with Crippen molar-refractivity contribution in [1.82, 2.24) is 4.90 Å². The first-order valence-electron chi connectivity index (χ1n) is 4.14. The highest BCUT2D eigenvalue weighted by atomic mass is 15.1. The first-order valence-corrected chi connectivity index (χ1v) is 4.14. The van der Waals surface area contributed by atoms with Gasteiger partial charge in [0.15, 0.2) is 0 Å². The summed E-state index contributed by atoms with van der Waals surface area (Å²) in [5.74, 6) is 0.249. The highest BCUT2D eigenvalue weighted by Crippen LogP contribution is 2.04. The minimum Gasteiger partial charge on any atom is -0.387 e. The Morgan fingerprint density at radius 2 is 1.91 bits per heavy atom. The quantitative estimate of drug-likeness (QED) is 0.463. The van der Waals surface area contributed by atoms with Crippen LogP contribution in [0, 0.1) is 5.41 Å². The van der Waals surface area contributed by atoms with Crippen LogP contribution < -0.4 is 5.73 Å². The summed E-state index contributed by atoms with van der Waals surface area (Å²) in [6.45, 7) is 4.90. The molecule has 0 atom stereocenters. The summed E-state index contributed by atoms with van der Waals surface area (Å²) in [5, 5.41) is 7.10. The van der Waals surface area contributed by atoms with E-state index in [4.69, 9.17) is 11.1 Å². The largest absolute Gasteiger partial charge is 0.387 e. The molecule has 0 unspecified atom stereocenters. The van der Waals surface area contributed by atoms with Gasteiger partial charge in [0, 0.05) is 6.04 Å². The minimum atomic E-state index is 0.249. The highest BCUT2D eigenvalue weighted by molar-refractivity contribution is 5.78. The monoisotopic (exact) mass is 157 g/mol. The molecule has 0 saturated heterocycles. The van der Waals surface area contributed by atoms with Crippen LogP contribution in [0.25, 0.3) is 0 Å². The fraction of sp³-hybridized carbons (Fsp3) is 0.875. The predicted molar refractivity (Wildman–Crippen MR) is 48.9 cm³/mol. The molecule has 0 aliphatic heterocycles. The van der Waals surface area contributed by atoms with Crippen molar-refractivity contribution in [3.8, 4) is 0 Å². The Kier molecular flexibility index (Phi) is 4.86. The lowest BCUT2D eigenvalue weighted by Gasteiger charge is -2.25. The zero-order valence-electron chi connectivity index (χ0n) is 7.72. The summed E-state index contributed by atoms with van der Waals surface area (Å²) >= 11 is 0. The van der Waals surface area contributed by atoms with Crippen molar-refractivity contribution in [2.75, 3.05) is 13.6 Å². The fourth-order valence-corrected chi connectivity index (χ4v) is 1.31. The molecule has 0 bridgehead atoms. The lowest BCUT2D eigenvalue weighted by Crippen LogP contribution is -2.37. The van der Waals surface area contributed by atoms with Crippen LogP contribution in [0.1, 0.15) is 26.7 Å². The van der Waals surface area contributed by atoms with Gasteiger partial charge in [0.1, 0.15) is 5.84 Å². The van der Waals surface area contributed by atoms with E-state index in [-0.39, 0.29) is 5.84 Å². The van der Waals surface area contributed by atoms with Gasteiger partial charge in [-0.05, 0) is 19.9 Å². The molecule has 0 aliphatic carbocycles. The van der Waals surface area contributed by atoms with Crippen LogP contribution >= 0.6 is 0 Å². The second-order valence-electron chi connectivity index (χ2n) is 2.91. The molecule has 0 rings (SSSR count). The van der Waals surface area contributed by atoms with Crippen LogP contribution in [0.2, 0.25) is 0 Å². The van der Waals surface area contributed by atoms with Gasteiger partial charge in [-0.1, -0.05) is 13.8 Å². The molecule has 0 radical (unpaired) electrons. The summed E-state index contributed by atoms with van der Waals surface area (Å²) in [4.78, 5) is 2.13. The van der Waals surface area contributed by atoms with Gasteiger partial charge in [-0.2, -0.15) is 0 Å². The third-order valence-corrected chi connectivity index (χ3v) is 1.99. The van der Waals surface area contributed by atoms with Gasteiger partial charge in [-0.3, -0.25) is 10.3 Å². The van der Waals surface area contributed by atoms with Crippen LogP contribution in [0.15, 0.2) is 0 Å². The molecule has 11 heavy (non-hydrogen) atoms. The van der Waals surface area contributed by atoms with Crippen molar-refractivity contribution < 1.29 is 0 Å². The predicted octanol–water partition coefficient (Wildman–Crippen LogP) is 1.04. The van der Waals surface area contributed by atoms with Gasteiger partial charge in [-0.25, -0.2) is 0 Å². The van der Waals surface area contributed by atoms with Gasteiger partial charge >= 0.3 is 0 Å². The third-order valence-electron chi connectivity index (χ3n) is 1.99. The Morgan fingerprint density at radius 3 is 2.18 bits per heavy atom. The Balaban J connectivity index is 3.78. The summed E-state index contributed by atoms with van der Waals surface area (Å²) in [6.07, 6.45) is 2.25. The second kappa shape index (κ2) is 5.13. The van der Waals surface area contributed by atoms with Crippen molar-refractivity contribution in [3.63, 3.8) is 0 Å². The normalized spacial score (nSPS) is 11.0. The highest BCUT2D eigenvalue weighted by Gasteiger charge is 2.09. The third kappa shape index (κ3) is 3.98. The smallest absolute Gasteiger partial charge is 0.105 e. The molecule has 0 fully saturated rings. The van der Waals surface area contributed by atoms with Gasteiger partial charge in [0.25, 0.3) is 0 Å². The van der Waals surface area contributed by atoms with E-state index < -0.39 is 0 Å². The number of nitrogens with one attached hydrogen (secondary N) is 1. The van der Waals surface area contributed by atoms with Crippen molar-refractivity contribution in [3.05, 3.63) is 0 Å². The van der Waals surface area contributed by atoms with E-state index in [2.05, 4.69) is 18.7 Å². The summed E-state index contributed by atoms with van der Waals surface area (Å²) in [6, 6.07) is 0.568. The van der Waals surface area contributed by atoms with Crippen LogP contribution in [-0.4, -0.2) is 30.4 Å². The van der Waals surface area contributed by atoms with Crippen LogP contribution in [0.4, 0.5) is 0 Å². The first-order chi connectivity index (χ1) is 5.11. The molecular weight excluding hydrogens is 138 g/mol. The first kappa shape index (κ1) is 10.4. The van der Waals surface area contributed by atoms with Gasteiger partial charge in [0.05, 0.1) is 6.54 Å². The zero-order chi connectivity index (χ0) is 8.85. The van der Waals surface area contributed by atoms with Crippen LogP contribution in [0.5, 0.6) is 0 Å². The van der Waals surface area contributed by atoms with E-state index in [1.54, 1.807) is 0 Å². The maximum absolute atomic E-state index is 7.10. The molecule has 0 aromatic carbocycles. The molecule has 0 aliphatic rings. The number of hydrogen-bond donors (Lipinski definition) is 2. The number of rotatable bonds is 5. The van der Waals surface area contributed by atoms with E-state index in [1.807, 2.05) is 7.05 Å². The van der Waals surface area contributed by atoms with Gasteiger partial charge < -0.3 is 5.73 Å². The molecule has 0 aromatic rings. The number of hydrogen-bond acceptors (Lipinski definition) is 2. The second-order valence-corrected chi connectivity index (χ2v) is 2.91. The Bertz CT molecular complexity index is 119. The van der Waals surface area contributed by atoms with Crippen molar-refractivity contribution in [2.45, 2.75) is 32.7 Å². The average Bonchev–Trinajstić information content (AvgIpc) is 1.88. The van der Waals surface area contributed by atoms with Crippen molar-refractivity contribution in [1.29, 1.82) is 5.41 Å². The standard InChI is InChI=1S/C8H19N3/c1-4-7(5-2)11(3)6-8(9)10/h7H,4-6H2,1-3H3,(H3,9,10). The van der Waals surface area contributed by atoms with E-state index in [0.29, 0.717) is 12.6 Å². The Hall–Kier alpha value is -0.570. The van der Waals surface area contributed by atoms with Crippen LogP contribution in [0.3, 0.4) is 0 Å². The topological polar surface area (TPSA) is 53.1 Å². The molecule has 3 N–H and O–H groups in total. The van der Waals surface area contributed by atoms with E-state index in [1.165, 1.54) is 0 Å². The maximum atomic E-state index is 7.10. The molecule has 3 nitrogen and oxygen atoms in total. The molecule has 0 saturated carbocycles. The lowest BCUT2D eigenvalue weighted by atomic mass is 10.1. The van der Waals surface area contributed by atoms with Crippen LogP contribution in [-0.2, 0) is 0 Å². The number of nitrogens with two attached hydrogens (primary N) is 1. The van der Waals surface area contributed by atoms with E-state index >= 15 is 0 Å². The van der Waals surface area contributed by atoms with E-state index in [9.17, 15) is 0 Å². The van der Waals surface area contributed by atoms with Crippen molar-refractivity contribution in [2.24, 2.45) is 5.73 Å². The molecule has 0 aromatic heterocycles. The molecule has 0 spiro atoms. The molecule has 3 heteroatoms. The molecule has 0 heterocycles. The molecule has 0 amide bonds. The zero-order valence-corrected chi connectivity index (χ0v) is 7.72. The van der Waals surface area contributed by atoms with E-state index in [0.717, 1.165) is 12.8 Å². The number of likely N-dealkylation sites (N-methyl/N-ethyl adjacent to an activating group) is 1. The maximum Gasteiger partial charge on any atom is 0.105 e. The average molecular weight is 157 g/mol. The Morgan fingerprint density at radius 1 is 1.45 bits per heavy atom. The summed E-state index contributed by atoms with van der Waals surface area (Å²) in [7, 11) is 2.01. The molecular formula is C8H19N3.